The lowest BCUT2D eigenvalue weighted by Crippen LogP contribution is -2.23. The number of rotatable bonds is 6. The van der Waals surface area contributed by atoms with Gasteiger partial charge in [0, 0.05) is 11.6 Å². The summed E-state index contributed by atoms with van der Waals surface area (Å²) in [7, 11) is 0. The predicted molar refractivity (Wildman–Crippen MR) is 79.6 cm³/mol. The van der Waals surface area contributed by atoms with Gasteiger partial charge < -0.3 is 10.5 Å². The van der Waals surface area contributed by atoms with E-state index in [1.165, 1.54) is 12.1 Å². The summed E-state index contributed by atoms with van der Waals surface area (Å²) in [5.74, 6) is -2.59. The van der Waals surface area contributed by atoms with Gasteiger partial charge in [0.1, 0.15) is 5.75 Å². The highest BCUT2D eigenvalue weighted by Gasteiger charge is 2.32. The number of ether oxygens (including phenoxy) is 1. The average Bonchev–Trinajstić information content (AvgIpc) is 2.46. The zero-order valence-corrected chi connectivity index (χ0v) is 11.9. The van der Waals surface area contributed by atoms with Crippen LogP contribution in [0.25, 0.3) is 0 Å². The Morgan fingerprint density at radius 1 is 1.05 bits per heavy atom. The fourth-order valence-corrected chi connectivity index (χ4v) is 2.03. The number of hydrogen-bond donors (Lipinski definition) is 1. The highest BCUT2D eigenvalue weighted by molar-refractivity contribution is 5.27. The normalized spacial score (nSPS) is 13.0. The number of hydrogen-bond acceptors (Lipinski definition) is 2. The van der Waals surface area contributed by atoms with E-state index in [0.717, 1.165) is 5.56 Å². The molecule has 2 aromatic rings. The minimum absolute atomic E-state index is 0.0118. The van der Waals surface area contributed by atoms with Crippen LogP contribution in [-0.2, 0) is 12.3 Å². The number of nitrogens with two attached hydrogens (primary N) is 1. The lowest BCUT2D eigenvalue weighted by atomic mass is 10.0. The summed E-state index contributed by atoms with van der Waals surface area (Å²) in [5.41, 5.74) is 6.60. The number of alkyl halides is 2. The summed E-state index contributed by atoms with van der Waals surface area (Å²) in [6, 6.07) is 14.9. The van der Waals surface area contributed by atoms with Crippen molar-refractivity contribution < 1.29 is 13.5 Å². The van der Waals surface area contributed by atoms with Gasteiger partial charge in [-0.2, -0.15) is 8.78 Å². The van der Waals surface area contributed by atoms with Gasteiger partial charge in [0.15, 0.2) is 6.61 Å². The van der Waals surface area contributed by atoms with Gasteiger partial charge in [-0.25, -0.2) is 0 Å². The summed E-state index contributed by atoms with van der Waals surface area (Å²) in [6.45, 7) is 1.21. The summed E-state index contributed by atoms with van der Waals surface area (Å²) >= 11 is 0. The van der Waals surface area contributed by atoms with Crippen molar-refractivity contribution in [3.05, 3.63) is 65.7 Å². The molecule has 2 rings (SSSR count). The van der Waals surface area contributed by atoms with E-state index in [4.69, 9.17) is 10.5 Å². The second kappa shape index (κ2) is 6.68. The van der Waals surface area contributed by atoms with Gasteiger partial charge in [-0.15, -0.1) is 0 Å². The van der Waals surface area contributed by atoms with Gasteiger partial charge in [0.25, 0.3) is 0 Å². The van der Waals surface area contributed by atoms with Crippen LogP contribution >= 0.6 is 0 Å². The van der Waals surface area contributed by atoms with E-state index >= 15 is 0 Å². The first-order chi connectivity index (χ1) is 9.97. The number of halogens is 2. The van der Waals surface area contributed by atoms with Crippen molar-refractivity contribution in [2.24, 2.45) is 5.73 Å². The summed E-state index contributed by atoms with van der Waals surface area (Å²) in [5, 5.41) is 0. The maximum absolute atomic E-state index is 14.1. The van der Waals surface area contributed by atoms with E-state index in [2.05, 4.69) is 0 Å². The van der Waals surface area contributed by atoms with Crippen LogP contribution in [0.1, 0.15) is 18.1 Å². The van der Waals surface area contributed by atoms with Gasteiger partial charge in [0.05, 0.1) is 0 Å². The van der Waals surface area contributed by atoms with Crippen LogP contribution in [0.4, 0.5) is 8.78 Å². The zero-order valence-electron chi connectivity index (χ0n) is 11.9. The Bertz CT molecular complexity index is 553. The molecule has 0 spiro atoms. The SMILES string of the molecule is CC(N)Cc1ccc(C(F)(F)COc2ccccc2)cc1. The first kappa shape index (κ1) is 15.4. The standard InChI is InChI=1S/C17H19F2NO/c1-13(20)11-14-7-9-15(10-8-14)17(18,19)12-21-16-5-3-2-4-6-16/h2-10,13H,11-12,20H2,1H3. The maximum Gasteiger partial charge on any atom is 0.306 e. The fraction of sp³-hybridized carbons (Fsp3) is 0.294. The molecule has 2 aromatic carbocycles. The third-order valence-corrected chi connectivity index (χ3v) is 3.10. The Labute approximate surface area is 123 Å². The Balaban J connectivity index is 2.01. The largest absolute Gasteiger partial charge is 0.487 e. The van der Waals surface area contributed by atoms with E-state index < -0.39 is 12.5 Å². The topological polar surface area (TPSA) is 35.2 Å². The minimum atomic E-state index is -3.03. The second-order valence-electron chi connectivity index (χ2n) is 5.18. The molecule has 112 valence electrons. The van der Waals surface area contributed by atoms with Gasteiger partial charge in [0.2, 0.25) is 0 Å². The van der Waals surface area contributed by atoms with E-state index in [1.807, 2.05) is 13.0 Å². The zero-order chi connectivity index (χ0) is 15.3. The Morgan fingerprint density at radius 2 is 1.67 bits per heavy atom. The smallest absolute Gasteiger partial charge is 0.306 e. The average molecular weight is 291 g/mol. The monoisotopic (exact) mass is 291 g/mol. The van der Waals surface area contributed by atoms with Gasteiger partial charge in [-0.05, 0) is 31.0 Å². The third kappa shape index (κ3) is 4.53. The van der Waals surface area contributed by atoms with Crippen molar-refractivity contribution in [3.8, 4) is 5.75 Å². The molecule has 2 N–H and O–H groups in total. The van der Waals surface area contributed by atoms with Gasteiger partial charge in [-0.3, -0.25) is 0 Å². The van der Waals surface area contributed by atoms with Crippen LogP contribution in [0.3, 0.4) is 0 Å². The Morgan fingerprint density at radius 3 is 2.24 bits per heavy atom. The first-order valence-electron chi connectivity index (χ1n) is 6.88. The fourth-order valence-electron chi connectivity index (χ4n) is 2.03. The molecule has 0 aliphatic heterocycles. The molecule has 1 atom stereocenters. The molecule has 0 bridgehead atoms. The molecule has 0 amide bonds. The van der Waals surface area contributed by atoms with Crippen molar-refractivity contribution in [3.63, 3.8) is 0 Å². The molecule has 0 saturated carbocycles. The van der Waals surface area contributed by atoms with Crippen LogP contribution in [0.2, 0.25) is 0 Å². The van der Waals surface area contributed by atoms with Crippen LogP contribution in [0.5, 0.6) is 5.75 Å². The summed E-state index contributed by atoms with van der Waals surface area (Å²) in [6.07, 6.45) is 0.673. The molecule has 4 heteroatoms. The third-order valence-electron chi connectivity index (χ3n) is 3.10. The molecular formula is C17H19F2NO. The van der Waals surface area contributed by atoms with Gasteiger partial charge >= 0.3 is 5.92 Å². The Hall–Kier alpha value is -1.94. The van der Waals surface area contributed by atoms with E-state index in [0.29, 0.717) is 12.2 Å². The highest BCUT2D eigenvalue weighted by Crippen LogP contribution is 2.29. The van der Waals surface area contributed by atoms with Crippen LogP contribution < -0.4 is 10.5 Å². The molecular weight excluding hydrogens is 272 g/mol. The summed E-state index contributed by atoms with van der Waals surface area (Å²) < 4.78 is 33.3. The molecule has 0 aliphatic rings. The van der Waals surface area contributed by atoms with Crippen LogP contribution in [-0.4, -0.2) is 12.6 Å². The minimum Gasteiger partial charge on any atom is -0.487 e. The summed E-state index contributed by atoms with van der Waals surface area (Å²) in [4.78, 5) is 0. The van der Waals surface area contributed by atoms with Crippen LogP contribution in [0, 0.1) is 0 Å². The molecule has 0 saturated heterocycles. The van der Waals surface area contributed by atoms with E-state index in [1.54, 1.807) is 36.4 Å². The molecule has 0 fully saturated rings. The molecule has 0 radical (unpaired) electrons. The molecule has 0 heterocycles. The predicted octanol–water partition coefficient (Wildman–Crippen LogP) is 3.75. The second-order valence-corrected chi connectivity index (χ2v) is 5.18. The lowest BCUT2D eigenvalue weighted by molar-refractivity contribution is -0.0467. The van der Waals surface area contributed by atoms with Crippen molar-refractivity contribution in [1.82, 2.24) is 0 Å². The lowest BCUT2D eigenvalue weighted by Gasteiger charge is -2.18. The van der Waals surface area contributed by atoms with E-state index in [9.17, 15) is 8.78 Å². The van der Waals surface area contributed by atoms with Crippen molar-refractivity contribution in [2.75, 3.05) is 6.61 Å². The maximum atomic E-state index is 14.1. The van der Waals surface area contributed by atoms with Gasteiger partial charge in [-0.1, -0.05) is 42.5 Å². The van der Waals surface area contributed by atoms with E-state index in [-0.39, 0.29) is 11.6 Å². The van der Waals surface area contributed by atoms with Crippen molar-refractivity contribution in [1.29, 1.82) is 0 Å². The molecule has 2 nitrogen and oxygen atoms in total. The first-order valence-corrected chi connectivity index (χ1v) is 6.88. The molecule has 1 unspecified atom stereocenters. The number of benzene rings is 2. The highest BCUT2D eigenvalue weighted by atomic mass is 19.3. The molecule has 0 aromatic heterocycles. The molecule has 21 heavy (non-hydrogen) atoms. The Kier molecular flexibility index (Phi) is 4.91. The molecule has 0 aliphatic carbocycles. The number of para-hydroxylation sites is 1. The van der Waals surface area contributed by atoms with Crippen molar-refractivity contribution in [2.45, 2.75) is 25.3 Å². The van der Waals surface area contributed by atoms with Crippen molar-refractivity contribution >= 4 is 0 Å². The van der Waals surface area contributed by atoms with Crippen LogP contribution in [0.15, 0.2) is 54.6 Å². The quantitative estimate of drug-likeness (QED) is 0.879.